The van der Waals surface area contributed by atoms with Gasteiger partial charge in [-0.3, -0.25) is 9.78 Å². The van der Waals surface area contributed by atoms with E-state index in [-0.39, 0.29) is 5.91 Å². The number of pyridine rings is 1. The maximum Gasteiger partial charge on any atom is 0.221 e. The third-order valence-electron chi connectivity index (χ3n) is 3.64. The van der Waals surface area contributed by atoms with Crippen LogP contribution in [0.4, 0.5) is 5.69 Å². The molecule has 3 rings (SSSR count). The van der Waals surface area contributed by atoms with Crippen molar-refractivity contribution in [1.82, 2.24) is 4.98 Å². The number of hydrogen-bond donors (Lipinski definition) is 1. The van der Waals surface area contributed by atoms with E-state index >= 15 is 0 Å². The number of rotatable bonds is 4. The summed E-state index contributed by atoms with van der Waals surface area (Å²) in [5, 5.41) is 3.65. The summed E-state index contributed by atoms with van der Waals surface area (Å²) >= 11 is 0. The molecule has 0 saturated heterocycles. The van der Waals surface area contributed by atoms with E-state index in [0.29, 0.717) is 17.2 Å². The number of anilines is 1. The normalized spacial score (nSPS) is 10.5. The second kappa shape index (κ2) is 6.58. The van der Waals surface area contributed by atoms with Gasteiger partial charge in [-0.15, -0.1) is 0 Å². The first-order chi connectivity index (χ1) is 11.6. The predicted molar refractivity (Wildman–Crippen MR) is 93.9 cm³/mol. The maximum absolute atomic E-state index is 11.4. The van der Waals surface area contributed by atoms with Crippen molar-refractivity contribution in [3.05, 3.63) is 54.2 Å². The van der Waals surface area contributed by atoms with Crippen LogP contribution in [-0.4, -0.2) is 18.0 Å². The number of ether oxygens (including phenoxy) is 2. The molecule has 0 radical (unpaired) electrons. The summed E-state index contributed by atoms with van der Waals surface area (Å²) < 4.78 is 11.4. The Morgan fingerprint density at radius 1 is 1.08 bits per heavy atom. The van der Waals surface area contributed by atoms with E-state index in [4.69, 9.17) is 9.47 Å². The van der Waals surface area contributed by atoms with Crippen LogP contribution < -0.4 is 14.8 Å². The zero-order valence-electron chi connectivity index (χ0n) is 13.8. The first kappa shape index (κ1) is 15.8. The third kappa shape index (κ3) is 3.15. The number of fused-ring (bicyclic) bond motifs is 1. The number of carbonyl (C=O) groups excluding carboxylic acids is 1. The van der Waals surface area contributed by atoms with Crippen LogP contribution in [0.2, 0.25) is 0 Å². The lowest BCUT2D eigenvalue weighted by Crippen LogP contribution is -2.06. The van der Waals surface area contributed by atoms with E-state index < -0.39 is 0 Å². The van der Waals surface area contributed by atoms with Crippen molar-refractivity contribution in [1.29, 1.82) is 0 Å². The number of benzene rings is 2. The van der Waals surface area contributed by atoms with Crippen molar-refractivity contribution < 1.29 is 14.3 Å². The lowest BCUT2D eigenvalue weighted by atomic mass is 10.1. The van der Waals surface area contributed by atoms with Gasteiger partial charge in [-0.1, -0.05) is 12.1 Å². The molecule has 0 spiro atoms. The monoisotopic (exact) mass is 322 g/mol. The molecule has 0 fully saturated rings. The van der Waals surface area contributed by atoms with Crippen LogP contribution in [0.15, 0.2) is 48.7 Å². The predicted octanol–water partition coefficient (Wildman–Crippen LogP) is 4.30. The van der Waals surface area contributed by atoms with Gasteiger partial charge in [0.1, 0.15) is 11.5 Å². The minimum absolute atomic E-state index is 0.147. The number of amides is 1. The number of nitrogens with one attached hydrogen (secondary N) is 1. The van der Waals surface area contributed by atoms with Crippen LogP contribution >= 0.6 is 0 Å². The maximum atomic E-state index is 11.4. The van der Waals surface area contributed by atoms with Gasteiger partial charge >= 0.3 is 0 Å². The number of nitrogens with zero attached hydrogens (tertiary/aromatic N) is 1. The fraction of sp³-hybridized carbons (Fsp3) is 0.158. The summed E-state index contributed by atoms with van der Waals surface area (Å²) in [5.41, 5.74) is 2.41. The van der Waals surface area contributed by atoms with E-state index in [1.165, 1.54) is 6.92 Å². The molecule has 1 heterocycles. The molecule has 0 aliphatic carbocycles. The number of aryl methyl sites for hydroxylation is 1. The Morgan fingerprint density at radius 2 is 1.88 bits per heavy atom. The van der Waals surface area contributed by atoms with E-state index in [1.54, 1.807) is 25.4 Å². The summed E-state index contributed by atoms with van der Waals surface area (Å²) in [6, 6.07) is 13.0. The molecule has 5 heteroatoms. The molecule has 122 valence electrons. The Morgan fingerprint density at radius 3 is 2.62 bits per heavy atom. The molecule has 2 aromatic carbocycles. The van der Waals surface area contributed by atoms with Gasteiger partial charge in [-0.05, 0) is 36.8 Å². The highest BCUT2D eigenvalue weighted by Gasteiger charge is 2.11. The van der Waals surface area contributed by atoms with Gasteiger partial charge in [0, 0.05) is 24.6 Å². The topological polar surface area (TPSA) is 60.5 Å². The standard InChI is InChI=1S/C19H18N2O3/c1-12-10-14-16(11-19(12)23-3)20-9-8-17(14)24-18-7-5-4-6-15(18)21-13(2)22/h4-11H,1-3H3,(H,21,22). The molecular weight excluding hydrogens is 304 g/mol. The molecule has 0 bridgehead atoms. The fourth-order valence-corrected chi connectivity index (χ4v) is 2.53. The van der Waals surface area contributed by atoms with Gasteiger partial charge in [0.2, 0.25) is 5.91 Å². The minimum Gasteiger partial charge on any atom is -0.496 e. The number of carbonyl (C=O) groups is 1. The fourth-order valence-electron chi connectivity index (χ4n) is 2.53. The second-order valence-corrected chi connectivity index (χ2v) is 5.43. The molecule has 24 heavy (non-hydrogen) atoms. The smallest absolute Gasteiger partial charge is 0.221 e. The molecule has 0 aliphatic heterocycles. The Bertz CT molecular complexity index is 906. The first-order valence-electron chi connectivity index (χ1n) is 7.56. The van der Waals surface area contributed by atoms with Crippen molar-refractivity contribution >= 4 is 22.5 Å². The van der Waals surface area contributed by atoms with E-state index in [2.05, 4.69) is 10.3 Å². The average molecular weight is 322 g/mol. The van der Waals surface area contributed by atoms with Crippen molar-refractivity contribution in [2.24, 2.45) is 0 Å². The number of para-hydroxylation sites is 2. The number of methoxy groups -OCH3 is 1. The highest BCUT2D eigenvalue weighted by atomic mass is 16.5. The van der Waals surface area contributed by atoms with Gasteiger partial charge < -0.3 is 14.8 Å². The highest BCUT2D eigenvalue weighted by Crippen LogP contribution is 2.35. The van der Waals surface area contributed by atoms with Gasteiger partial charge in [0.25, 0.3) is 0 Å². The Balaban J connectivity index is 2.05. The molecule has 3 aromatic rings. The lowest BCUT2D eigenvalue weighted by molar-refractivity contribution is -0.114. The Labute approximate surface area is 140 Å². The third-order valence-corrected chi connectivity index (χ3v) is 3.64. The van der Waals surface area contributed by atoms with Crippen LogP contribution in [0, 0.1) is 6.92 Å². The Hall–Kier alpha value is -3.08. The molecule has 1 aromatic heterocycles. The zero-order chi connectivity index (χ0) is 17.1. The quantitative estimate of drug-likeness (QED) is 0.778. The largest absolute Gasteiger partial charge is 0.496 e. The number of aromatic nitrogens is 1. The van der Waals surface area contributed by atoms with Crippen LogP contribution in [0.25, 0.3) is 10.9 Å². The summed E-state index contributed by atoms with van der Waals surface area (Å²) in [6.07, 6.45) is 1.69. The molecular formula is C19H18N2O3. The lowest BCUT2D eigenvalue weighted by Gasteiger charge is -2.14. The molecule has 0 unspecified atom stereocenters. The van der Waals surface area contributed by atoms with Crippen LogP contribution in [-0.2, 0) is 4.79 Å². The minimum atomic E-state index is -0.147. The molecule has 5 nitrogen and oxygen atoms in total. The SMILES string of the molecule is COc1cc2nccc(Oc3ccccc3NC(C)=O)c2cc1C. The van der Waals surface area contributed by atoms with Gasteiger partial charge in [-0.2, -0.15) is 0 Å². The van der Waals surface area contributed by atoms with Crippen LogP contribution in [0.5, 0.6) is 17.2 Å². The molecule has 0 saturated carbocycles. The van der Waals surface area contributed by atoms with Gasteiger partial charge in [-0.25, -0.2) is 0 Å². The summed E-state index contributed by atoms with van der Waals surface area (Å²) in [5.74, 6) is 1.88. The van der Waals surface area contributed by atoms with Crippen LogP contribution in [0.3, 0.4) is 0 Å². The molecule has 0 aliphatic rings. The summed E-state index contributed by atoms with van der Waals surface area (Å²) in [7, 11) is 1.64. The second-order valence-electron chi connectivity index (χ2n) is 5.43. The van der Waals surface area contributed by atoms with Gasteiger partial charge in [0.15, 0.2) is 5.75 Å². The van der Waals surface area contributed by atoms with Crippen molar-refractivity contribution in [2.75, 3.05) is 12.4 Å². The van der Waals surface area contributed by atoms with E-state index in [9.17, 15) is 4.79 Å². The van der Waals surface area contributed by atoms with Crippen molar-refractivity contribution in [3.8, 4) is 17.2 Å². The Kier molecular flexibility index (Phi) is 4.33. The summed E-state index contributed by atoms with van der Waals surface area (Å²) in [4.78, 5) is 15.7. The van der Waals surface area contributed by atoms with Crippen LogP contribution in [0.1, 0.15) is 12.5 Å². The highest BCUT2D eigenvalue weighted by molar-refractivity contribution is 5.91. The summed E-state index contributed by atoms with van der Waals surface area (Å²) in [6.45, 7) is 3.44. The average Bonchev–Trinajstić information content (AvgIpc) is 2.56. The first-order valence-corrected chi connectivity index (χ1v) is 7.56. The van der Waals surface area contributed by atoms with Crippen molar-refractivity contribution in [3.63, 3.8) is 0 Å². The number of hydrogen-bond acceptors (Lipinski definition) is 4. The molecule has 1 N–H and O–H groups in total. The van der Waals surface area contributed by atoms with Crippen molar-refractivity contribution in [2.45, 2.75) is 13.8 Å². The molecule has 0 atom stereocenters. The molecule has 1 amide bonds. The zero-order valence-corrected chi connectivity index (χ0v) is 13.8. The van der Waals surface area contributed by atoms with Gasteiger partial charge in [0.05, 0.1) is 18.3 Å². The van der Waals surface area contributed by atoms with E-state index in [1.807, 2.05) is 37.3 Å². The van der Waals surface area contributed by atoms with E-state index in [0.717, 1.165) is 22.2 Å².